The molecule has 1 aliphatic heterocycles. The molecule has 0 bridgehead atoms. The summed E-state index contributed by atoms with van der Waals surface area (Å²) in [4.78, 5) is 16.7. The first-order chi connectivity index (χ1) is 11.1. The Hall–Kier alpha value is -2.49. The highest BCUT2D eigenvalue weighted by molar-refractivity contribution is 5.95. The van der Waals surface area contributed by atoms with Crippen molar-refractivity contribution in [3.05, 3.63) is 59.7 Å². The van der Waals surface area contributed by atoms with E-state index in [1.165, 1.54) is 0 Å². The van der Waals surface area contributed by atoms with Crippen LogP contribution in [0.25, 0.3) is 0 Å². The van der Waals surface area contributed by atoms with Crippen molar-refractivity contribution in [3.8, 4) is 5.75 Å². The summed E-state index contributed by atoms with van der Waals surface area (Å²) >= 11 is 0. The van der Waals surface area contributed by atoms with Crippen molar-refractivity contribution >= 4 is 11.6 Å². The number of nitrogens with zero attached hydrogens (tertiary/aromatic N) is 2. The van der Waals surface area contributed by atoms with Gasteiger partial charge in [0.05, 0.1) is 12.6 Å². The standard InChI is InChI=1S/C19H22N2O2/c1-20(2)15-8-6-7-14(13-15)19(22)21(3)17-11-12-23-18-10-5-4-9-16(17)18/h4-10,13,17H,11-12H2,1-3H3. The molecule has 4 heteroatoms. The SMILES string of the molecule is CN(C)c1cccc(C(=O)N(C)C2CCOc3ccccc32)c1. The maximum Gasteiger partial charge on any atom is 0.254 e. The fourth-order valence-electron chi connectivity index (χ4n) is 2.99. The van der Waals surface area contributed by atoms with Gasteiger partial charge in [0.25, 0.3) is 5.91 Å². The molecule has 1 unspecified atom stereocenters. The number of amides is 1. The third-order valence-corrected chi connectivity index (χ3v) is 4.32. The third-order valence-electron chi connectivity index (χ3n) is 4.32. The highest BCUT2D eigenvalue weighted by Gasteiger charge is 2.28. The van der Waals surface area contributed by atoms with Crippen molar-refractivity contribution in [2.75, 3.05) is 32.6 Å². The van der Waals surface area contributed by atoms with E-state index in [9.17, 15) is 4.79 Å². The van der Waals surface area contributed by atoms with E-state index in [0.29, 0.717) is 12.2 Å². The van der Waals surface area contributed by atoms with Gasteiger partial charge < -0.3 is 14.5 Å². The van der Waals surface area contributed by atoms with Crippen LogP contribution in [0, 0.1) is 0 Å². The molecule has 3 rings (SSSR count). The molecular weight excluding hydrogens is 288 g/mol. The number of hydrogen-bond donors (Lipinski definition) is 0. The van der Waals surface area contributed by atoms with Gasteiger partial charge in [-0.05, 0) is 24.3 Å². The Balaban J connectivity index is 1.88. The van der Waals surface area contributed by atoms with E-state index in [2.05, 4.69) is 0 Å². The van der Waals surface area contributed by atoms with Crippen LogP contribution in [-0.4, -0.2) is 38.6 Å². The second-order valence-electron chi connectivity index (χ2n) is 6.05. The van der Waals surface area contributed by atoms with E-state index >= 15 is 0 Å². The fraction of sp³-hybridized carbons (Fsp3) is 0.316. The molecule has 0 saturated carbocycles. The van der Waals surface area contributed by atoms with Crippen LogP contribution in [0.15, 0.2) is 48.5 Å². The van der Waals surface area contributed by atoms with E-state index in [4.69, 9.17) is 4.74 Å². The van der Waals surface area contributed by atoms with Crippen LogP contribution in [0.3, 0.4) is 0 Å². The minimum Gasteiger partial charge on any atom is -0.493 e. The van der Waals surface area contributed by atoms with Gasteiger partial charge in [0, 0.05) is 44.4 Å². The number of carbonyl (C=O) groups is 1. The molecule has 0 aromatic heterocycles. The molecule has 2 aromatic rings. The molecule has 2 aromatic carbocycles. The van der Waals surface area contributed by atoms with E-state index in [1.807, 2.05) is 79.5 Å². The van der Waals surface area contributed by atoms with Crippen molar-refractivity contribution in [3.63, 3.8) is 0 Å². The molecule has 1 atom stereocenters. The number of hydrogen-bond acceptors (Lipinski definition) is 3. The second kappa shape index (κ2) is 6.32. The van der Waals surface area contributed by atoms with Crippen LogP contribution >= 0.6 is 0 Å². The number of fused-ring (bicyclic) bond motifs is 1. The first kappa shape index (κ1) is 15.4. The lowest BCUT2D eigenvalue weighted by Gasteiger charge is -2.33. The van der Waals surface area contributed by atoms with Crippen molar-refractivity contribution in [2.24, 2.45) is 0 Å². The van der Waals surface area contributed by atoms with Gasteiger partial charge in [-0.1, -0.05) is 24.3 Å². The highest BCUT2D eigenvalue weighted by Crippen LogP contribution is 2.35. The zero-order valence-electron chi connectivity index (χ0n) is 13.8. The van der Waals surface area contributed by atoms with Crippen molar-refractivity contribution in [1.29, 1.82) is 0 Å². The van der Waals surface area contributed by atoms with Gasteiger partial charge in [-0.3, -0.25) is 4.79 Å². The minimum atomic E-state index is 0.0374. The van der Waals surface area contributed by atoms with Crippen molar-refractivity contribution in [1.82, 2.24) is 4.90 Å². The average Bonchev–Trinajstić information content (AvgIpc) is 2.60. The van der Waals surface area contributed by atoms with Crippen molar-refractivity contribution in [2.45, 2.75) is 12.5 Å². The summed E-state index contributed by atoms with van der Waals surface area (Å²) in [6, 6.07) is 15.7. The Kier molecular flexibility index (Phi) is 4.24. The molecule has 0 spiro atoms. The van der Waals surface area contributed by atoms with Crippen LogP contribution in [0.4, 0.5) is 5.69 Å². The number of benzene rings is 2. The zero-order valence-corrected chi connectivity index (χ0v) is 13.8. The Morgan fingerprint density at radius 1 is 1.09 bits per heavy atom. The molecule has 1 amide bonds. The lowest BCUT2D eigenvalue weighted by molar-refractivity contribution is 0.0686. The van der Waals surface area contributed by atoms with Crippen LogP contribution in [0.5, 0.6) is 5.75 Å². The van der Waals surface area contributed by atoms with Gasteiger partial charge in [0.1, 0.15) is 5.75 Å². The van der Waals surface area contributed by atoms with Crippen LogP contribution in [0.2, 0.25) is 0 Å². The first-order valence-corrected chi connectivity index (χ1v) is 7.84. The van der Waals surface area contributed by atoms with Gasteiger partial charge in [0.15, 0.2) is 0 Å². The van der Waals surface area contributed by atoms with Gasteiger partial charge in [-0.2, -0.15) is 0 Å². The maximum absolute atomic E-state index is 12.9. The van der Waals surface area contributed by atoms with E-state index < -0.39 is 0 Å². The lowest BCUT2D eigenvalue weighted by atomic mass is 9.98. The summed E-state index contributed by atoms with van der Waals surface area (Å²) in [5, 5.41) is 0. The van der Waals surface area contributed by atoms with Gasteiger partial charge in [0.2, 0.25) is 0 Å². The average molecular weight is 310 g/mol. The predicted molar refractivity (Wildman–Crippen MR) is 92.2 cm³/mol. The highest BCUT2D eigenvalue weighted by atomic mass is 16.5. The number of anilines is 1. The molecule has 1 aliphatic rings. The first-order valence-electron chi connectivity index (χ1n) is 7.84. The Morgan fingerprint density at radius 2 is 1.87 bits per heavy atom. The fourth-order valence-corrected chi connectivity index (χ4v) is 2.99. The summed E-state index contributed by atoms with van der Waals surface area (Å²) in [6.45, 7) is 0.636. The number of carbonyl (C=O) groups excluding carboxylic acids is 1. The summed E-state index contributed by atoms with van der Waals surface area (Å²) in [5.74, 6) is 0.917. The molecule has 23 heavy (non-hydrogen) atoms. The lowest BCUT2D eigenvalue weighted by Crippen LogP contribution is -2.34. The molecule has 0 saturated heterocycles. The van der Waals surface area contributed by atoms with E-state index in [-0.39, 0.29) is 11.9 Å². The number of ether oxygens (including phenoxy) is 1. The third kappa shape index (κ3) is 3.02. The number of para-hydroxylation sites is 1. The zero-order chi connectivity index (χ0) is 16.4. The van der Waals surface area contributed by atoms with Gasteiger partial charge in [-0.15, -0.1) is 0 Å². The van der Waals surface area contributed by atoms with E-state index in [1.54, 1.807) is 0 Å². The summed E-state index contributed by atoms with van der Waals surface area (Å²) in [7, 11) is 5.82. The Labute approximate surface area is 137 Å². The summed E-state index contributed by atoms with van der Waals surface area (Å²) in [6.07, 6.45) is 0.812. The topological polar surface area (TPSA) is 32.8 Å². The monoisotopic (exact) mass is 310 g/mol. The molecule has 0 radical (unpaired) electrons. The maximum atomic E-state index is 12.9. The minimum absolute atomic E-state index is 0.0374. The van der Waals surface area contributed by atoms with Crippen LogP contribution in [0.1, 0.15) is 28.4 Å². The smallest absolute Gasteiger partial charge is 0.254 e. The Bertz CT molecular complexity index is 712. The summed E-state index contributed by atoms with van der Waals surface area (Å²) in [5.41, 5.74) is 2.82. The summed E-state index contributed by atoms with van der Waals surface area (Å²) < 4.78 is 5.70. The molecule has 0 aliphatic carbocycles. The van der Waals surface area contributed by atoms with Gasteiger partial charge in [-0.25, -0.2) is 0 Å². The molecular formula is C19H22N2O2. The van der Waals surface area contributed by atoms with Crippen molar-refractivity contribution < 1.29 is 9.53 Å². The Morgan fingerprint density at radius 3 is 2.65 bits per heavy atom. The largest absolute Gasteiger partial charge is 0.493 e. The molecule has 1 heterocycles. The molecule has 0 fully saturated rings. The molecule has 4 nitrogen and oxygen atoms in total. The van der Waals surface area contributed by atoms with Crippen LogP contribution in [-0.2, 0) is 0 Å². The quantitative estimate of drug-likeness (QED) is 0.871. The van der Waals surface area contributed by atoms with Crippen LogP contribution < -0.4 is 9.64 Å². The molecule has 0 N–H and O–H groups in total. The number of rotatable bonds is 3. The second-order valence-corrected chi connectivity index (χ2v) is 6.05. The van der Waals surface area contributed by atoms with E-state index in [0.717, 1.165) is 23.4 Å². The van der Waals surface area contributed by atoms with Gasteiger partial charge >= 0.3 is 0 Å². The normalized spacial score (nSPS) is 16.2. The molecule has 120 valence electrons. The predicted octanol–water partition coefficient (Wildman–Crippen LogP) is 3.35.